The molecule has 30 heavy (non-hydrogen) atoms. The molecule has 8 nitrogen and oxygen atoms in total. The zero-order valence-corrected chi connectivity index (χ0v) is 17.1. The molecule has 0 aliphatic rings. The highest BCUT2D eigenvalue weighted by molar-refractivity contribution is 7.89. The first-order valence-corrected chi connectivity index (χ1v) is 9.98. The minimum absolute atomic E-state index is 0.0263. The van der Waals surface area contributed by atoms with E-state index in [-0.39, 0.29) is 17.3 Å². The molecule has 11 heteroatoms. The molecule has 0 aliphatic heterocycles. The molecule has 0 fully saturated rings. The van der Waals surface area contributed by atoms with Gasteiger partial charge in [-0.2, -0.15) is 8.78 Å². The van der Waals surface area contributed by atoms with E-state index in [1.54, 1.807) is 12.1 Å². The van der Waals surface area contributed by atoms with Gasteiger partial charge in [-0.1, -0.05) is 18.7 Å². The van der Waals surface area contributed by atoms with E-state index in [1.807, 2.05) is 0 Å². The van der Waals surface area contributed by atoms with Crippen LogP contribution in [-0.2, 0) is 19.7 Å². The lowest BCUT2D eigenvalue weighted by molar-refractivity contribution is -0.122. The molecule has 2 aromatic carbocycles. The molecule has 2 rings (SSSR count). The number of carbonyl (C=O) groups is 1. The topological polar surface area (TPSA) is 97.0 Å². The van der Waals surface area contributed by atoms with E-state index < -0.39 is 22.5 Å². The molecular weight excluding hydrogens is 420 g/mol. The lowest BCUT2D eigenvalue weighted by Crippen LogP contribution is -2.24. The lowest BCUT2D eigenvalue weighted by Gasteiger charge is -2.13. The Labute approximate surface area is 173 Å². The van der Waals surface area contributed by atoms with Crippen LogP contribution >= 0.6 is 0 Å². The van der Waals surface area contributed by atoms with Crippen molar-refractivity contribution in [2.75, 3.05) is 26.0 Å². The number of amides is 1. The van der Waals surface area contributed by atoms with E-state index >= 15 is 0 Å². The molecule has 0 spiro atoms. The summed E-state index contributed by atoms with van der Waals surface area (Å²) in [6.07, 6.45) is 0. The Hall–Kier alpha value is -3.02. The summed E-state index contributed by atoms with van der Waals surface area (Å²) in [6, 6.07) is 11.4. The number of rotatable bonds is 10. The first kappa shape index (κ1) is 23.3. The van der Waals surface area contributed by atoms with Gasteiger partial charge in [-0.05, 0) is 42.0 Å². The number of hydrogen-bond donors (Lipinski definition) is 2. The van der Waals surface area contributed by atoms with Crippen LogP contribution in [0.25, 0.3) is 5.70 Å². The summed E-state index contributed by atoms with van der Waals surface area (Å²) in [5.74, 6) is -0.521. The molecule has 2 aromatic rings. The fourth-order valence-corrected chi connectivity index (χ4v) is 3.11. The molecule has 0 aromatic heterocycles. The summed E-state index contributed by atoms with van der Waals surface area (Å²) >= 11 is 0. The highest BCUT2D eigenvalue weighted by atomic mass is 32.2. The van der Waals surface area contributed by atoms with Crippen LogP contribution in [-0.4, -0.2) is 45.9 Å². The fourth-order valence-electron chi connectivity index (χ4n) is 2.20. The molecule has 0 radical (unpaired) electrons. The molecule has 0 heterocycles. The van der Waals surface area contributed by atoms with Crippen molar-refractivity contribution in [3.63, 3.8) is 0 Å². The maximum absolute atomic E-state index is 12.1. The van der Waals surface area contributed by atoms with Crippen molar-refractivity contribution >= 4 is 27.3 Å². The van der Waals surface area contributed by atoms with E-state index in [0.717, 1.165) is 4.31 Å². The molecule has 162 valence electrons. The molecular formula is C19H21F2N3O5S. The predicted molar refractivity (Wildman–Crippen MR) is 107 cm³/mol. The molecule has 0 saturated carbocycles. The molecule has 0 bridgehead atoms. The summed E-state index contributed by atoms with van der Waals surface area (Å²) in [7, 11) is -0.655. The maximum atomic E-state index is 12.1. The van der Waals surface area contributed by atoms with E-state index in [2.05, 4.69) is 22.1 Å². The minimum Gasteiger partial charge on any atom is -0.435 e. The number of alkyl halides is 2. The van der Waals surface area contributed by atoms with Crippen molar-refractivity contribution in [3.05, 3.63) is 60.7 Å². The Morgan fingerprint density at radius 1 is 1.10 bits per heavy atom. The van der Waals surface area contributed by atoms with Crippen LogP contribution in [0.4, 0.5) is 14.5 Å². The third kappa shape index (κ3) is 6.51. The Bertz CT molecular complexity index is 978. The van der Waals surface area contributed by atoms with Crippen molar-refractivity contribution in [2.24, 2.45) is 0 Å². The summed E-state index contributed by atoms with van der Waals surface area (Å²) in [5.41, 5.74) is 3.78. The van der Waals surface area contributed by atoms with Gasteiger partial charge in [-0.3, -0.25) is 15.1 Å². The normalized spacial score (nSPS) is 11.4. The van der Waals surface area contributed by atoms with Crippen molar-refractivity contribution in [3.8, 4) is 5.75 Å². The van der Waals surface area contributed by atoms with E-state index in [4.69, 9.17) is 4.84 Å². The molecule has 0 saturated heterocycles. The van der Waals surface area contributed by atoms with Gasteiger partial charge in [0.1, 0.15) is 5.75 Å². The van der Waals surface area contributed by atoms with Crippen LogP contribution in [0.3, 0.4) is 0 Å². The van der Waals surface area contributed by atoms with Gasteiger partial charge in [0.05, 0.1) is 10.6 Å². The Balaban J connectivity index is 1.82. The number of ether oxygens (including phenoxy) is 1. The van der Waals surface area contributed by atoms with Gasteiger partial charge in [0.2, 0.25) is 10.0 Å². The third-order valence-electron chi connectivity index (χ3n) is 3.74. The van der Waals surface area contributed by atoms with Crippen molar-refractivity contribution < 1.29 is 31.6 Å². The zero-order chi connectivity index (χ0) is 22.3. The second kappa shape index (κ2) is 10.1. The van der Waals surface area contributed by atoms with E-state index in [1.165, 1.54) is 50.5 Å². The number of sulfonamides is 1. The lowest BCUT2D eigenvalue weighted by atomic mass is 10.2. The number of anilines is 1. The summed E-state index contributed by atoms with van der Waals surface area (Å²) in [6.45, 7) is 0.479. The number of nitrogens with zero attached hydrogens (tertiary/aromatic N) is 1. The van der Waals surface area contributed by atoms with Gasteiger partial charge in [-0.25, -0.2) is 12.7 Å². The Morgan fingerprint density at radius 3 is 2.23 bits per heavy atom. The maximum Gasteiger partial charge on any atom is 0.387 e. The largest absolute Gasteiger partial charge is 0.435 e. The van der Waals surface area contributed by atoms with Crippen LogP contribution in [0, 0.1) is 0 Å². The predicted octanol–water partition coefficient (Wildman–Crippen LogP) is 2.67. The highest BCUT2D eigenvalue weighted by Gasteiger charge is 2.16. The van der Waals surface area contributed by atoms with Crippen LogP contribution in [0.5, 0.6) is 5.75 Å². The van der Waals surface area contributed by atoms with E-state index in [9.17, 15) is 22.0 Å². The third-order valence-corrected chi connectivity index (χ3v) is 5.57. The molecule has 0 atom stereocenters. The highest BCUT2D eigenvalue weighted by Crippen LogP contribution is 2.18. The Morgan fingerprint density at radius 2 is 1.70 bits per heavy atom. The minimum atomic E-state index is -3.53. The van der Waals surface area contributed by atoms with Crippen molar-refractivity contribution in [2.45, 2.75) is 11.5 Å². The Kier molecular flexibility index (Phi) is 7.86. The number of nitrogens with one attached hydrogen (secondary N) is 2. The molecule has 2 N–H and O–H groups in total. The van der Waals surface area contributed by atoms with Crippen LogP contribution < -0.4 is 15.5 Å². The second-order valence-corrected chi connectivity index (χ2v) is 8.28. The first-order chi connectivity index (χ1) is 14.1. The van der Waals surface area contributed by atoms with Gasteiger partial charge >= 0.3 is 6.61 Å². The fraction of sp³-hybridized carbons (Fsp3) is 0.211. The molecule has 0 unspecified atom stereocenters. The monoisotopic (exact) mass is 441 g/mol. The summed E-state index contributed by atoms with van der Waals surface area (Å²) in [4.78, 5) is 17.1. The van der Waals surface area contributed by atoms with Gasteiger partial charge in [0.25, 0.3) is 5.91 Å². The number of carbonyl (C=O) groups excluding carboxylic acids is 1. The molecule has 0 aliphatic carbocycles. The summed E-state index contributed by atoms with van der Waals surface area (Å²) < 4.78 is 53.7. The smallest absolute Gasteiger partial charge is 0.387 e. The van der Waals surface area contributed by atoms with Crippen LogP contribution in [0.15, 0.2) is 60.0 Å². The van der Waals surface area contributed by atoms with Crippen LogP contribution in [0.2, 0.25) is 0 Å². The van der Waals surface area contributed by atoms with Gasteiger partial charge in [0, 0.05) is 19.8 Å². The van der Waals surface area contributed by atoms with Crippen molar-refractivity contribution in [1.82, 2.24) is 9.79 Å². The number of hydroxylamine groups is 1. The zero-order valence-electron chi connectivity index (χ0n) is 16.3. The van der Waals surface area contributed by atoms with Crippen molar-refractivity contribution in [1.29, 1.82) is 0 Å². The number of benzene rings is 2. The van der Waals surface area contributed by atoms with Gasteiger partial charge < -0.3 is 10.1 Å². The number of halogens is 2. The van der Waals surface area contributed by atoms with E-state index in [0.29, 0.717) is 16.9 Å². The second-order valence-electron chi connectivity index (χ2n) is 6.13. The SMILES string of the molecule is C=C(NOCC(=O)Nc1ccc(OC(F)F)cc1)c1ccc(S(=O)(=O)N(C)C)cc1. The standard InChI is InChI=1S/C19H21F2N3O5S/c1-13(14-4-10-17(11-5-14)30(26,27)24(2)3)23-28-12-18(25)22-15-6-8-16(9-7-15)29-19(20)21/h4-11,19,23H,1,12H2,2-3H3,(H,22,25). The quantitative estimate of drug-likeness (QED) is 0.551. The van der Waals surface area contributed by atoms with Gasteiger partial charge in [-0.15, -0.1) is 0 Å². The average Bonchev–Trinajstić information content (AvgIpc) is 2.69. The number of hydrogen-bond acceptors (Lipinski definition) is 6. The summed E-state index contributed by atoms with van der Waals surface area (Å²) in [5, 5.41) is 2.52. The molecule has 1 amide bonds. The average molecular weight is 441 g/mol. The van der Waals surface area contributed by atoms with Crippen LogP contribution in [0.1, 0.15) is 5.56 Å². The first-order valence-electron chi connectivity index (χ1n) is 8.54. The van der Waals surface area contributed by atoms with Gasteiger partial charge in [0.15, 0.2) is 6.61 Å².